The predicted molar refractivity (Wildman–Crippen MR) is 48.8 cm³/mol. The number of aryl methyl sites for hydroxylation is 1. The summed E-state index contributed by atoms with van der Waals surface area (Å²) in [5.74, 6) is 0.222. The van der Waals surface area contributed by atoms with Crippen LogP contribution in [-0.4, -0.2) is 10.1 Å². The van der Waals surface area contributed by atoms with Crippen LogP contribution in [0.4, 0.5) is 0 Å². The van der Waals surface area contributed by atoms with Crippen LogP contribution in [0.25, 0.3) is 0 Å². The molecule has 1 atom stereocenters. The second-order valence-electron chi connectivity index (χ2n) is 3.39. The van der Waals surface area contributed by atoms with Crippen LogP contribution in [0.1, 0.15) is 31.3 Å². The van der Waals surface area contributed by atoms with E-state index in [9.17, 15) is 5.11 Å². The monoisotopic (exact) mass is 165 g/mol. The summed E-state index contributed by atoms with van der Waals surface area (Å²) >= 11 is 0. The molecule has 0 aromatic carbocycles. The average molecular weight is 165 g/mol. The maximum absolute atomic E-state index is 9.66. The summed E-state index contributed by atoms with van der Waals surface area (Å²) in [4.78, 5) is 4.24. The molecular weight excluding hydrogens is 150 g/mol. The van der Waals surface area contributed by atoms with Crippen molar-refractivity contribution in [3.05, 3.63) is 29.6 Å². The molecule has 2 heteroatoms. The van der Waals surface area contributed by atoms with E-state index in [1.54, 1.807) is 0 Å². The lowest BCUT2D eigenvalue weighted by molar-refractivity contribution is 0.122. The minimum atomic E-state index is -0.440. The molecule has 0 saturated carbocycles. The summed E-state index contributed by atoms with van der Waals surface area (Å²) in [6.45, 7) is 5.89. The van der Waals surface area contributed by atoms with Crippen LogP contribution in [-0.2, 0) is 0 Å². The average Bonchev–Trinajstić information content (AvgIpc) is 2.03. The second kappa shape index (κ2) is 3.68. The maximum atomic E-state index is 9.66. The van der Waals surface area contributed by atoms with Gasteiger partial charge in [0.05, 0.1) is 11.8 Å². The van der Waals surface area contributed by atoms with Crippen LogP contribution in [0.3, 0.4) is 0 Å². The van der Waals surface area contributed by atoms with Crippen molar-refractivity contribution in [1.29, 1.82) is 0 Å². The lowest BCUT2D eigenvalue weighted by Gasteiger charge is -2.13. The van der Waals surface area contributed by atoms with Crippen LogP contribution in [0, 0.1) is 12.8 Å². The smallest absolute Gasteiger partial charge is 0.0982 e. The fourth-order valence-corrected chi connectivity index (χ4v) is 1.07. The van der Waals surface area contributed by atoms with Gasteiger partial charge in [-0.2, -0.15) is 0 Å². The molecule has 1 heterocycles. The van der Waals surface area contributed by atoms with Gasteiger partial charge in [0.25, 0.3) is 0 Å². The van der Waals surface area contributed by atoms with Crippen LogP contribution in [0.5, 0.6) is 0 Å². The van der Waals surface area contributed by atoms with Gasteiger partial charge < -0.3 is 5.11 Å². The number of pyridine rings is 1. The molecule has 1 rings (SSSR count). The molecular formula is C10H15NO. The third-order valence-electron chi connectivity index (χ3n) is 1.84. The third kappa shape index (κ3) is 2.05. The van der Waals surface area contributed by atoms with Crippen molar-refractivity contribution in [2.45, 2.75) is 26.9 Å². The fraction of sp³-hybridized carbons (Fsp3) is 0.500. The first-order chi connectivity index (χ1) is 5.61. The fourth-order valence-electron chi connectivity index (χ4n) is 1.07. The molecule has 1 aromatic rings. The summed E-state index contributed by atoms with van der Waals surface area (Å²) in [5, 5.41) is 9.66. The van der Waals surface area contributed by atoms with Gasteiger partial charge >= 0.3 is 0 Å². The molecule has 0 aliphatic rings. The summed E-state index contributed by atoms with van der Waals surface area (Å²) in [7, 11) is 0. The molecule has 0 aliphatic carbocycles. The Bertz CT molecular complexity index is 258. The summed E-state index contributed by atoms with van der Waals surface area (Å²) < 4.78 is 0. The maximum Gasteiger partial charge on any atom is 0.0982 e. The van der Waals surface area contributed by atoms with Gasteiger partial charge in [0.1, 0.15) is 0 Å². The Balaban J connectivity index is 2.88. The zero-order valence-electron chi connectivity index (χ0n) is 7.78. The van der Waals surface area contributed by atoms with Crippen molar-refractivity contribution < 1.29 is 5.11 Å². The Hall–Kier alpha value is -0.890. The molecule has 0 fully saturated rings. The molecule has 12 heavy (non-hydrogen) atoms. The molecule has 0 spiro atoms. The SMILES string of the molecule is Cc1cccc(C(O)C(C)C)n1. The Morgan fingerprint density at radius 1 is 1.33 bits per heavy atom. The summed E-state index contributed by atoms with van der Waals surface area (Å²) in [6, 6.07) is 5.71. The highest BCUT2D eigenvalue weighted by Gasteiger charge is 2.12. The van der Waals surface area contributed by atoms with E-state index in [4.69, 9.17) is 0 Å². The zero-order chi connectivity index (χ0) is 9.14. The highest BCUT2D eigenvalue weighted by molar-refractivity contribution is 5.12. The van der Waals surface area contributed by atoms with Gasteiger partial charge in [-0.1, -0.05) is 19.9 Å². The summed E-state index contributed by atoms with van der Waals surface area (Å²) in [5.41, 5.74) is 1.72. The van der Waals surface area contributed by atoms with Crippen molar-refractivity contribution in [2.75, 3.05) is 0 Å². The number of aliphatic hydroxyl groups is 1. The predicted octanol–water partition coefficient (Wildman–Crippen LogP) is 2.08. The van der Waals surface area contributed by atoms with E-state index in [-0.39, 0.29) is 5.92 Å². The van der Waals surface area contributed by atoms with E-state index in [0.717, 1.165) is 11.4 Å². The number of hydrogen-bond acceptors (Lipinski definition) is 2. The highest BCUT2D eigenvalue weighted by atomic mass is 16.3. The highest BCUT2D eigenvalue weighted by Crippen LogP contribution is 2.18. The molecule has 1 N–H and O–H groups in total. The van der Waals surface area contributed by atoms with Gasteiger partial charge in [-0.3, -0.25) is 4.98 Å². The van der Waals surface area contributed by atoms with Gasteiger partial charge in [-0.05, 0) is 25.0 Å². The normalized spacial score (nSPS) is 13.4. The number of nitrogens with zero attached hydrogens (tertiary/aromatic N) is 1. The van der Waals surface area contributed by atoms with Crippen LogP contribution in [0.15, 0.2) is 18.2 Å². The first-order valence-electron chi connectivity index (χ1n) is 4.23. The van der Waals surface area contributed by atoms with Crippen LogP contribution in [0.2, 0.25) is 0 Å². The molecule has 0 aliphatic heterocycles. The van der Waals surface area contributed by atoms with Gasteiger partial charge in [-0.15, -0.1) is 0 Å². The standard InChI is InChI=1S/C10H15NO/c1-7(2)10(12)9-6-4-5-8(3)11-9/h4-7,10,12H,1-3H3. The van der Waals surface area contributed by atoms with E-state index in [0.29, 0.717) is 0 Å². The molecule has 1 unspecified atom stereocenters. The van der Waals surface area contributed by atoms with E-state index < -0.39 is 6.10 Å². The van der Waals surface area contributed by atoms with E-state index >= 15 is 0 Å². The lowest BCUT2D eigenvalue weighted by Crippen LogP contribution is -2.07. The van der Waals surface area contributed by atoms with E-state index in [1.807, 2.05) is 39.0 Å². The lowest BCUT2D eigenvalue weighted by atomic mass is 10.0. The first kappa shape index (κ1) is 9.20. The van der Waals surface area contributed by atoms with Crippen molar-refractivity contribution in [3.8, 4) is 0 Å². The quantitative estimate of drug-likeness (QED) is 0.727. The zero-order valence-corrected chi connectivity index (χ0v) is 7.78. The molecule has 2 nitrogen and oxygen atoms in total. The molecule has 0 saturated heterocycles. The summed E-state index contributed by atoms with van der Waals surface area (Å²) in [6.07, 6.45) is -0.440. The molecule has 1 aromatic heterocycles. The van der Waals surface area contributed by atoms with Gasteiger partial charge in [-0.25, -0.2) is 0 Å². The minimum absolute atomic E-state index is 0.222. The largest absolute Gasteiger partial charge is 0.387 e. The number of aliphatic hydroxyl groups excluding tert-OH is 1. The van der Waals surface area contributed by atoms with Crippen molar-refractivity contribution in [2.24, 2.45) is 5.92 Å². The van der Waals surface area contributed by atoms with E-state index in [2.05, 4.69) is 4.98 Å². The van der Waals surface area contributed by atoms with Crippen LogP contribution < -0.4 is 0 Å². The number of aromatic nitrogens is 1. The van der Waals surface area contributed by atoms with Crippen molar-refractivity contribution in [1.82, 2.24) is 4.98 Å². The van der Waals surface area contributed by atoms with E-state index in [1.165, 1.54) is 0 Å². The first-order valence-corrected chi connectivity index (χ1v) is 4.23. The third-order valence-corrected chi connectivity index (χ3v) is 1.84. The van der Waals surface area contributed by atoms with Crippen molar-refractivity contribution >= 4 is 0 Å². The van der Waals surface area contributed by atoms with Gasteiger partial charge in [0.15, 0.2) is 0 Å². The van der Waals surface area contributed by atoms with Crippen LogP contribution >= 0.6 is 0 Å². The van der Waals surface area contributed by atoms with Gasteiger partial charge in [0, 0.05) is 5.69 Å². The Kier molecular flexibility index (Phi) is 2.82. The molecule has 66 valence electrons. The Morgan fingerprint density at radius 3 is 2.50 bits per heavy atom. The Morgan fingerprint density at radius 2 is 2.00 bits per heavy atom. The topological polar surface area (TPSA) is 33.1 Å². The van der Waals surface area contributed by atoms with Gasteiger partial charge in [0.2, 0.25) is 0 Å². The van der Waals surface area contributed by atoms with Crippen molar-refractivity contribution in [3.63, 3.8) is 0 Å². The second-order valence-corrected chi connectivity index (χ2v) is 3.39. The number of hydrogen-bond donors (Lipinski definition) is 1. The minimum Gasteiger partial charge on any atom is -0.387 e. The Labute approximate surface area is 73.3 Å². The molecule has 0 bridgehead atoms. The molecule has 0 radical (unpaired) electrons. The molecule has 0 amide bonds. The number of rotatable bonds is 2.